The number of aliphatic carboxylic acids is 1. The van der Waals surface area contributed by atoms with Crippen molar-refractivity contribution >= 4 is 17.8 Å². The predicted molar refractivity (Wildman–Crippen MR) is 58.9 cm³/mol. The predicted octanol–water partition coefficient (Wildman–Crippen LogP) is -1.02. The number of carbonyl (C=O) groups is 3. The molecule has 0 aliphatic rings. The molecule has 5 N–H and O–H groups in total. The largest absolute Gasteiger partial charge is 0.480 e. The Hall–Kier alpha value is -1.63. The van der Waals surface area contributed by atoms with E-state index >= 15 is 0 Å². The van der Waals surface area contributed by atoms with E-state index in [1.807, 2.05) is 0 Å². The highest BCUT2D eigenvalue weighted by atomic mass is 16.4. The number of aliphatic hydroxyl groups excluding tert-OH is 1. The number of carboxylic acid groups (broad SMARTS) is 1. The van der Waals surface area contributed by atoms with Crippen LogP contribution >= 0.6 is 0 Å². The maximum Gasteiger partial charge on any atom is 0.326 e. The van der Waals surface area contributed by atoms with E-state index in [-0.39, 0.29) is 19.3 Å². The lowest BCUT2D eigenvalue weighted by atomic mass is 10.1. The molecule has 0 radical (unpaired) electrons. The van der Waals surface area contributed by atoms with Crippen LogP contribution in [0.5, 0.6) is 0 Å². The minimum Gasteiger partial charge on any atom is -0.480 e. The van der Waals surface area contributed by atoms with E-state index in [2.05, 4.69) is 5.32 Å². The van der Waals surface area contributed by atoms with Crippen molar-refractivity contribution in [3.8, 4) is 0 Å². The van der Waals surface area contributed by atoms with Gasteiger partial charge in [0, 0.05) is 6.42 Å². The van der Waals surface area contributed by atoms with E-state index in [0.29, 0.717) is 6.42 Å². The average molecular weight is 246 g/mol. The molecule has 0 rings (SSSR count). The van der Waals surface area contributed by atoms with Gasteiger partial charge in [0.2, 0.25) is 11.8 Å². The van der Waals surface area contributed by atoms with Crippen LogP contribution in [-0.2, 0) is 14.4 Å². The maximum absolute atomic E-state index is 11.3. The Bertz CT molecular complexity index is 292. The molecule has 0 spiro atoms. The Morgan fingerprint density at radius 2 is 1.94 bits per heavy atom. The van der Waals surface area contributed by atoms with Crippen molar-refractivity contribution in [2.24, 2.45) is 5.73 Å². The van der Waals surface area contributed by atoms with Gasteiger partial charge in [0.1, 0.15) is 6.04 Å². The number of carboxylic acids is 1. The zero-order valence-electron chi connectivity index (χ0n) is 9.68. The van der Waals surface area contributed by atoms with Gasteiger partial charge in [-0.15, -0.1) is 0 Å². The summed E-state index contributed by atoms with van der Waals surface area (Å²) in [7, 11) is 0. The van der Waals surface area contributed by atoms with E-state index in [9.17, 15) is 19.5 Å². The summed E-state index contributed by atoms with van der Waals surface area (Å²) in [6, 6.07) is -1.15. The molecule has 7 nitrogen and oxygen atoms in total. The van der Waals surface area contributed by atoms with Gasteiger partial charge >= 0.3 is 5.97 Å². The first-order valence-corrected chi connectivity index (χ1v) is 5.35. The van der Waals surface area contributed by atoms with Crippen molar-refractivity contribution < 1.29 is 24.6 Å². The van der Waals surface area contributed by atoms with Gasteiger partial charge in [0.25, 0.3) is 0 Å². The van der Waals surface area contributed by atoms with Crippen molar-refractivity contribution in [3.05, 3.63) is 0 Å². The van der Waals surface area contributed by atoms with E-state index in [0.717, 1.165) is 0 Å². The molecule has 0 saturated carbocycles. The van der Waals surface area contributed by atoms with Crippen LogP contribution in [0.2, 0.25) is 0 Å². The summed E-state index contributed by atoms with van der Waals surface area (Å²) >= 11 is 0. The lowest BCUT2D eigenvalue weighted by Crippen LogP contribution is -2.42. The first kappa shape index (κ1) is 15.4. The summed E-state index contributed by atoms with van der Waals surface area (Å²) < 4.78 is 0. The number of nitrogens with one attached hydrogen (secondary N) is 1. The fraction of sp³-hybridized carbons (Fsp3) is 0.700. The molecule has 17 heavy (non-hydrogen) atoms. The van der Waals surface area contributed by atoms with Crippen molar-refractivity contribution in [1.82, 2.24) is 5.32 Å². The Balaban J connectivity index is 4.20. The Morgan fingerprint density at radius 3 is 2.35 bits per heavy atom. The number of hydrogen-bond donors (Lipinski definition) is 4. The van der Waals surface area contributed by atoms with Gasteiger partial charge in [-0.25, -0.2) is 4.79 Å². The van der Waals surface area contributed by atoms with E-state index in [1.54, 1.807) is 6.92 Å². The lowest BCUT2D eigenvalue weighted by molar-refractivity contribution is -0.142. The number of carbonyl (C=O) groups excluding carboxylic acids is 2. The minimum absolute atomic E-state index is 0.0569. The SMILES string of the molecule is CCC(O)CC(=O)NC(CCC(N)=O)C(=O)O. The molecule has 2 amide bonds. The molecular weight excluding hydrogens is 228 g/mol. The smallest absolute Gasteiger partial charge is 0.326 e. The van der Waals surface area contributed by atoms with Crippen LogP contribution < -0.4 is 11.1 Å². The van der Waals surface area contributed by atoms with Crippen LogP contribution in [0.25, 0.3) is 0 Å². The van der Waals surface area contributed by atoms with Crippen LogP contribution in [-0.4, -0.2) is 40.1 Å². The lowest BCUT2D eigenvalue weighted by Gasteiger charge is -2.15. The summed E-state index contributed by atoms with van der Waals surface area (Å²) in [5, 5.41) is 20.2. The number of aliphatic hydroxyl groups is 1. The molecule has 0 heterocycles. The van der Waals surface area contributed by atoms with Crippen molar-refractivity contribution in [2.75, 3.05) is 0 Å². The van der Waals surface area contributed by atoms with E-state index in [4.69, 9.17) is 10.8 Å². The van der Waals surface area contributed by atoms with Gasteiger partial charge in [-0.3, -0.25) is 9.59 Å². The van der Waals surface area contributed by atoms with Crippen LogP contribution in [0.3, 0.4) is 0 Å². The number of amides is 2. The van der Waals surface area contributed by atoms with Crippen LogP contribution in [0.1, 0.15) is 32.6 Å². The topological polar surface area (TPSA) is 130 Å². The van der Waals surface area contributed by atoms with Crippen molar-refractivity contribution in [3.63, 3.8) is 0 Å². The van der Waals surface area contributed by atoms with E-state index in [1.165, 1.54) is 0 Å². The monoisotopic (exact) mass is 246 g/mol. The number of primary amides is 1. The first-order valence-electron chi connectivity index (χ1n) is 5.35. The van der Waals surface area contributed by atoms with Gasteiger partial charge in [-0.05, 0) is 12.8 Å². The summed E-state index contributed by atoms with van der Waals surface area (Å²) in [6.45, 7) is 1.71. The van der Waals surface area contributed by atoms with Gasteiger partial charge in [-0.1, -0.05) is 6.92 Å². The molecule has 0 aliphatic heterocycles. The van der Waals surface area contributed by atoms with Crippen LogP contribution in [0.15, 0.2) is 0 Å². The van der Waals surface area contributed by atoms with E-state index < -0.39 is 29.9 Å². The van der Waals surface area contributed by atoms with Crippen molar-refractivity contribution in [1.29, 1.82) is 0 Å². The van der Waals surface area contributed by atoms with Crippen LogP contribution in [0, 0.1) is 0 Å². The standard InChI is InChI=1S/C10H18N2O5/c1-2-6(13)5-9(15)12-7(10(16)17)3-4-8(11)14/h6-7,13H,2-5H2,1H3,(H2,11,14)(H,12,15)(H,16,17). The molecule has 0 aliphatic carbocycles. The Morgan fingerprint density at radius 1 is 1.35 bits per heavy atom. The zero-order valence-corrected chi connectivity index (χ0v) is 9.68. The Labute approximate surface area is 99.0 Å². The number of rotatable bonds is 8. The number of hydrogen-bond acceptors (Lipinski definition) is 4. The number of nitrogens with two attached hydrogens (primary N) is 1. The fourth-order valence-electron chi connectivity index (χ4n) is 1.16. The molecule has 98 valence electrons. The summed E-state index contributed by atoms with van der Waals surface area (Å²) in [6.07, 6.45) is -0.712. The first-order chi connectivity index (χ1) is 7.86. The second kappa shape index (κ2) is 7.61. The fourth-order valence-corrected chi connectivity index (χ4v) is 1.16. The molecule has 0 aromatic carbocycles. The molecule has 0 aromatic rings. The van der Waals surface area contributed by atoms with Gasteiger partial charge < -0.3 is 21.3 Å². The third kappa shape index (κ3) is 7.29. The van der Waals surface area contributed by atoms with Crippen molar-refractivity contribution in [2.45, 2.75) is 44.8 Å². The Kier molecular flexibility index (Phi) is 6.88. The highest BCUT2D eigenvalue weighted by Crippen LogP contribution is 2.01. The van der Waals surface area contributed by atoms with Gasteiger partial charge in [-0.2, -0.15) is 0 Å². The normalized spacial score (nSPS) is 13.8. The highest BCUT2D eigenvalue weighted by Gasteiger charge is 2.21. The quantitative estimate of drug-likeness (QED) is 0.435. The van der Waals surface area contributed by atoms with Gasteiger partial charge in [0.15, 0.2) is 0 Å². The van der Waals surface area contributed by atoms with Gasteiger partial charge in [0.05, 0.1) is 12.5 Å². The summed E-state index contributed by atoms with van der Waals surface area (Å²) in [4.78, 5) is 32.6. The molecular formula is C10H18N2O5. The molecule has 2 unspecified atom stereocenters. The third-order valence-electron chi connectivity index (χ3n) is 2.20. The minimum atomic E-state index is -1.23. The molecule has 0 fully saturated rings. The third-order valence-corrected chi connectivity index (χ3v) is 2.20. The summed E-state index contributed by atoms with van der Waals surface area (Å²) in [5.74, 6) is -2.42. The molecule has 0 aromatic heterocycles. The average Bonchev–Trinajstić information content (AvgIpc) is 2.23. The zero-order chi connectivity index (χ0) is 13.4. The second-order valence-corrected chi connectivity index (χ2v) is 3.73. The molecule has 2 atom stereocenters. The molecule has 0 saturated heterocycles. The molecule has 0 bridgehead atoms. The second-order valence-electron chi connectivity index (χ2n) is 3.73. The summed E-state index contributed by atoms with van der Waals surface area (Å²) in [5.41, 5.74) is 4.89. The maximum atomic E-state index is 11.3. The highest BCUT2D eigenvalue weighted by molar-refractivity contribution is 5.84. The molecule has 7 heteroatoms. The van der Waals surface area contributed by atoms with Crippen LogP contribution in [0.4, 0.5) is 0 Å².